The third kappa shape index (κ3) is 3.31. The van der Waals surface area contributed by atoms with E-state index in [0.717, 1.165) is 23.2 Å². The van der Waals surface area contributed by atoms with Crippen molar-refractivity contribution in [3.8, 4) is 0 Å². The van der Waals surface area contributed by atoms with Crippen molar-refractivity contribution in [1.29, 1.82) is 0 Å². The van der Waals surface area contributed by atoms with Crippen molar-refractivity contribution in [2.45, 2.75) is 25.8 Å². The molecule has 0 saturated carbocycles. The van der Waals surface area contributed by atoms with Crippen LogP contribution in [0.5, 0.6) is 0 Å². The molecule has 156 valence electrons. The van der Waals surface area contributed by atoms with Crippen LogP contribution in [0.15, 0.2) is 49.2 Å². The van der Waals surface area contributed by atoms with E-state index in [4.69, 9.17) is 0 Å². The van der Waals surface area contributed by atoms with Crippen molar-refractivity contribution in [2.24, 2.45) is 0 Å². The SMILES string of the molecule is Cc1c(C(=O)NCCCn2ccnn2)cn2ncnc(C3C(=O)Nc4ccccc43)c12. The minimum absolute atomic E-state index is 0.137. The van der Waals surface area contributed by atoms with Gasteiger partial charge in [0.1, 0.15) is 12.2 Å². The molecule has 1 aliphatic heterocycles. The summed E-state index contributed by atoms with van der Waals surface area (Å²) < 4.78 is 3.34. The van der Waals surface area contributed by atoms with E-state index in [1.807, 2.05) is 31.2 Å². The van der Waals surface area contributed by atoms with E-state index in [1.54, 1.807) is 27.8 Å². The Balaban J connectivity index is 1.41. The Kier molecular flexibility index (Phi) is 4.66. The van der Waals surface area contributed by atoms with E-state index in [-0.39, 0.29) is 11.8 Å². The van der Waals surface area contributed by atoms with Crippen molar-refractivity contribution in [3.63, 3.8) is 0 Å². The second-order valence-corrected chi connectivity index (χ2v) is 7.39. The van der Waals surface area contributed by atoms with Crippen LogP contribution in [-0.4, -0.2) is 48.0 Å². The predicted octanol–water partition coefficient (Wildman–Crippen LogP) is 1.53. The molecule has 0 bridgehead atoms. The number of benzene rings is 1. The van der Waals surface area contributed by atoms with Crippen LogP contribution in [0.3, 0.4) is 0 Å². The molecule has 2 N–H and O–H groups in total. The number of fused-ring (bicyclic) bond motifs is 2. The molecule has 0 aliphatic carbocycles. The van der Waals surface area contributed by atoms with Crippen LogP contribution in [0.1, 0.15) is 39.5 Å². The molecule has 0 fully saturated rings. The van der Waals surface area contributed by atoms with E-state index >= 15 is 0 Å². The van der Waals surface area contributed by atoms with Gasteiger partial charge in [0.15, 0.2) is 0 Å². The molecule has 3 aromatic heterocycles. The van der Waals surface area contributed by atoms with Crippen LogP contribution >= 0.6 is 0 Å². The quantitative estimate of drug-likeness (QED) is 0.460. The van der Waals surface area contributed by atoms with Gasteiger partial charge in [-0.15, -0.1) is 5.10 Å². The smallest absolute Gasteiger partial charge is 0.253 e. The molecular weight excluding hydrogens is 396 g/mol. The fourth-order valence-corrected chi connectivity index (χ4v) is 4.00. The van der Waals surface area contributed by atoms with E-state index in [0.29, 0.717) is 29.9 Å². The normalized spacial score (nSPS) is 15.1. The lowest BCUT2D eigenvalue weighted by atomic mass is 9.95. The Morgan fingerprint density at radius 3 is 3.00 bits per heavy atom. The van der Waals surface area contributed by atoms with Gasteiger partial charge >= 0.3 is 0 Å². The van der Waals surface area contributed by atoms with E-state index < -0.39 is 5.92 Å². The van der Waals surface area contributed by atoms with Crippen LogP contribution in [0.25, 0.3) is 5.52 Å². The molecule has 0 radical (unpaired) electrons. The summed E-state index contributed by atoms with van der Waals surface area (Å²) in [5.74, 6) is -0.876. The Morgan fingerprint density at radius 1 is 1.29 bits per heavy atom. The third-order valence-corrected chi connectivity index (χ3v) is 5.49. The number of para-hydroxylation sites is 1. The predicted molar refractivity (Wildman–Crippen MR) is 112 cm³/mol. The molecule has 0 saturated heterocycles. The maximum atomic E-state index is 12.8. The van der Waals surface area contributed by atoms with Gasteiger partial charge in [0.05, 0.1) is 23.0 Å². The molecule has 1 atom stereocenters. The number of hydrogen-bond donors (Lipinski definition) is 2. The number of nitrogens with zero attached hydrogens (tertiary/aromatic N) is 6. The van der Waals surface area contributed by atoms with Crippen molar-refractivity contribution < 1.29 is 9.59 Å². The molecule has 1 unspecified atom stereocenters. The zero-order valence-electron chi connectivity index (χ0n) is 16.8. The number of anilines is 1. The lowest BCUT2D eigenvalue weighted by Gasteiger charge is -2.10. The third-order valence-electron chi connectivity index (χ3n) is 5.49. The van der Waals surface area contributed by atoms with Gasteiger partial charge in [-0.2, -0.15) is 5.10 Å². The lowest BCUT2D eigenvalue weighted by Crippen LogP contribution is -2.25. The van der Waals surface area contributed by atoms with Gasteiger partial charge in [0, 0.05) is 31.2 Å². The van der Waals surface area contributed by atoms with Gasteiger partial charge < -0.3 is 10.6 Å². The zero-order chi connectivity index (χ0) is 21.4. The summed E-state index contributed by atoms with van der Waals surface area (Å²) in [6.07, 6.45) is 7.23. The van der Waals surface area contributed by atoms with E-state index in [9.17, 15) is 9.59 Å². The minimum Gasteiger partial charge on any atom is -0.352 e. The highest BCUT2D eigenvalue weighted by molar-refractivity contribution is 6.06. The minimum atomic E-state index is -0.547. The molecule has 5 rings (SSSR count). The highest BCUT2D eigenvalue weighted by Gasteiger charge is 2.35. The summed E-state index contributed by atoms with van der Waals surface area (Å²) in [6.45, 7) is 3.02. The van der Waals surface area contributed by atoms with E-state index in [2.05, 4.69) is 31.0 Å². The van der Waals surface area contributed by atoms with Crippen molar-refractivity contribution in [3.05, 3.63) is 71.6 Å². The maximum Gasteiger partial charge on any atom is 0.253 e. The Morgan fingerprint density at radius 2 is 2.16 bits per heavy atom. The van der Waals surface area contributed by atoms with Crippen LogP contribution < -0.4 is 10.6 Å². The standard InChI is InChI=1S/C21H20N8O2/c1-13-15(20(30)22-7-4-9-28-10-8-24-27-28)11-29-19(13)18(23-12-25-29)17-14-5-2-3-6-16(14)26-21(17)31/h2-3,5-6,8,10-12,17H,4,7,9H2,1H3,(H,22,30)(H,26,31). The lowest BCUT2D eigenvalue weighted by molar-refractivity contribution is -0.116. The number of nitrogens with one attached hydrogen (secondary N) is 2. The van der Waals surface area contributed by atoms with Crippen molar-refractivity contribution in [1.82, 2.24) is 34.9 Å². The van der Waals surface area contributed by atoms with E-state index in [1.165, 1.54) is 6.33 Å². The van der Waals surface area contributed by atoms with Crippen LogP contribution in [0.2, 0.25) is 0 Å². The van der Waals surface area contributed by atoms with Gasteiger partial charge in [-0.05, 0) is 30.5 Å². The largest absolute Gasteiger partial charge is 0.352 e. The number of rotatable bonds is 6. The highest BCUT2D eigenvalue weighted by atomic mass is 16.2. The average molecular weight is 416 g/mol. The Bertz CT molecular complexity index is 1280. The molecule has 4 heterocycles. The Labute approximate surface area is 177 Å². The first-order valence-electron chi connectivity index (χ1n) is 9.98. The van der Waals surface area contributed by atoms with Crippen LogP contribution in [-0.2, 0) is 11.3 Å². The number of aryl methyl sites for hydroxylation is 2. The van der Waals surface area contributed by atoms with Crippen molar-refractivity contribution in [2.75, 3.05) is 11.9 Å². The molecule has 2 amide bonds. The second kappa shape index (κ2) is 7.63. The van der Waals surface area contributed by atoms with Gasteiger partial charge in [0.25, 0.3) is 5.91 Å². The van der Waals surface area contributed by atoms with Gasteiger partial charge in [-0.3, -0.25) is 14.3 Å². The topological polar surface area (TPSA) is 119 Å². The molecular formula is C21H20N8O2. The summed E-state index contributed by atoms with van der Waals surface area (Å²) in [7, 11) is 0. The monoisotopic (exact) mass is 416 g/mol. The first-order chi connectivity index (χ1) is 15.1. The molecule has 10 heteroatoms. The first kappa shape index (κ1) is 18.9. The van der Waals surface area contributed by atoms with Crippen LogP contribution in [0, 0.1) is 6.92 Å². The summed E-state index contributed by atoms with van der Waals surface area (Å²) in [5, 5.41) is 17.8. The molecule has 1 aromatic carbocycles. The summed E-state index contributed by atoms with van der Waals surface area (Å²) in [4.78, 5) is 30.0. The highest BCUT2D eigenvalue weighted by Crippen LogP contribution is 2.38. The Hall–Kier alpha value is -4.08. The fourth-order valence-electron chi connectivity index (χ4n) is 4.00. The van der Waals surface area contributed by atoms with Crippen molar-refractivity contribution >= 4 is 23.0 Å². The number of hydrogen-bond acceptors (Lipinski definition) is 6. The van der Waals surface area contributed by atoms with Gasteiger partial charge in [-0.25, -0.2) is 9.50 Å². The van der Waals surface area contributed by atoms with Gasteiger partial charge in [0.2, 0.25) is 5.91 Å². The molecule has 31 heavy (non-hydrogen) atoms. The average Bonchev–Trinajstić information content (AvgIpc) is 3.48. The molecule has 1 aliphatic rings. The second-order valence-electron chi connectivity index (χ2n) is 7.39. The number of amides is 2. The first-order valence-corrected chi connectivity index (χ1v) is 9.98. The number of carbonyl (C=O) groups excluding carboxylic acids is 2. The zero-order valence-corrected chi connectivity index (χ0v) is 16.8. The van der Waals surface area contributed by atoms with Gasteiger partial charge in [-0.1, -0.05) is 23.4 Å². The van der Waals surface area contributed by atoms with Crippen LogP contribution in [0.4, 0.5) is 5.69 Å². The number of carbonyl (C=O) groups is 2. The number of aromatic nitrogens is 6. The molecule has 10 nitrogen and oxygen atoms in total. The summed E-state index contributed by atoms with van der Waals surface area (Å²) >= 11 is 0. The summed E-state index contributed by atoms with van der Waals surface area (Å²) in [5.41, 5.74) is 4.15. The fraction of sp³-hybridized carbons (Fsp3) is 0.238. The molecule has 0 spiro atoms. The molecule has 4 aromatic rings. The summed E-state index contributed by atoms with van der Waals surface area (Å²) in [6, 6.07) is 7.56. The maximum absolute atomic E-state index is 12.8.